The van der Waals surface area contributed by atoms with Crippen LogP contribution >= 0.6 is 11.6 Å². The van der Waals surface area contributed by atoms with Gasteiger partial charge in [-0.25, -0.2) is 8.42 Å². The van der Waals surface area contributed by atoms with E-state index >= 15 is 0 Å². The molecule has 11 heteroatoms. The van der Waals surface area contributed by atoms with Gasteiger partial charge in [-0.3, -0.25) is 9.59 Å². The first-order valence-electron chi connectivity index (χ1n) is 8.34. The lowest BCUT2D eigenvalue weighted by Crippen LogP contribution is -2.40. The van der Waals surface area contributed by atoms with E-state index in [0.29, 0.717) is 0 Å². The second kappa shape index (κ2) is 8.87. The number of anilines is 1. The summed E-state index contributed by atoms with van der Waals surface area (Å²) >= 11 is 6.06. The van der Waals surface area contributed by atoms with Crippen LogP contribution in [-0.2, 0) is 29.1 Å². The summed E-state index contributed by atoms with van der Waals surface area (Å²) in [6.07, 6.45) is 0. The lowest BCUT2D eigenvalue weighted by atomic mass is 9.96. The van der Waals surface area contributed by atoms with Gasteiger partial charge in [0.2, 0.25) is 10.0 Å². The van der Waals surface area contributed by atoms with Crippen LogP contribution in [0.3, 0.4) is 0 Å². The van der Waals surface area contributed by atoms with Gasteiger partial charge in [0, 0.05) is 18.8 Å². The van der Waals surface area contributed by atoms with Crippen LogP contribution in [0.1, 0.15) is 13.8 Å². The first-order valence-corrected chi connectivity index (χ1v) is 10.2. The van der Waals surface area contributed by atoms with Gasteiger partial charge in [-0.15, -0.1) is 0 Å². The van der Waals surface area contributed by atoms with Crippen molar-refractivity contribution in [2.45, 2.75) is 18.7 Å². The Balaban J connectivity index is 2.09. The van der Waals surface area contributed by atoms with Crippen LogP contribution < -0.4 is 5.32 Å². The number of carbonyl (C=O) groups is 2. The number of nitrogens with one attached hydrogen (secondary N) is 1. The van der Waals surface area contributed by atoms with Crippen molar-refractivity contribution in [2.75, 3.05) is 38.2 Å². The highest BCUT2D eigenvalue weighted by Gasteiger charge is 2.30. The molecule has 0 radical (unpaired) electrons. The first-order chi connectivity index (χ1) is 13.1. The van der Waals surface area contributed by atoms with Crippen LogP contribution in [-0.4, -0.2) is 57.5 Å². The molecule has 1 aromatic rings. The maximum atomic E-state index is 12.8. The van der Waals surface area contributed by atoms with Crippen LogP contribution in [0.25, 0.3) is 0 Å². The molecule has 2 rings (SSSR count). The first kappa shape index (κ1) is 22.1. The normalized spacial score (nSPS) is 15.5. The number of amides is 1. The number of nitrogens with zero attached hydrogens (tertiary/aromatic N) is 2. The molecule has 0 aromatic heterocycles. The Bertz CT molecular complexity index is 904. The van der Waals surface area contributed by atoms with Gasteiger partial charge in [0.1, 0.15) is 10.3 Å². The largest absolute Gasteiger partial charge is 0.454 e. The molecule has 0 atom stereocenters. The molecule has 1 aromatic carbocycles. The molecule has 1 saturated heterocycles. The van der Waals surface area contributed by atoms with E-state index in [1.165, 1.54) is 36.4 Å². The number of carbonyl (C=O) groups excluding carboxylic acids is 2. The van der Waals surface area contributed by atoms with E-state index in [0.717, 1.165) is 0 Å². The van der Waals surface area contributed by atoms with Crippen molar-refractivity contribution in [3.05, 3.63) is 23.2 Å². The summed E-state index contributed by atoms with van der Waals surface area (Å²) in [6, 6.07) is 5.80. The molecule has 152 valence electrons. The van der Waals surface area contributed by atoms with Crippen molar-refractivity contribution in [2.24, 2.45) is 5.41 Å². The molecule has 0 bridgehead atoms. The Kier molecular flexibility index (Phi) is 7.01. The van der Waals surface area contributed by atoms with Crippen LogP contribution in [0.4, 0.5) is 5.69 Å². The molecule has 0 saturated carbocycles. The number of hydrogen-bond donors (Lipinski definition) is 1. The van der Waals surface area contributed by atoms with Gasteiger partial charge in [0.25, 0.3) is 5.91 Å². The smallest absolute Gasteiger partial charge is 0.326 e. The fourth-order valence-corrected chi connectivity index (χ4v) is 4.17. The summed E-state index contributed by atoms with van der Waals surface area (Å²) in [7, 11) is -3.85. The van der Waals surface area contributed by atoms with E-state index in [1.807, 2.05) is 0 Å². The number of esters is 1. The molecule has 1 heterocycles. The van der Waals surface area contributed by atoms with Crippen molar-refractivity contribution in [1.29, 1.82) is 5.26 Å². The number of nitriles is 1. The fraction of sp³-hybridized carbons (Fsp3) is 0.471. The van der Waals surface area contributed by atoms with Crippen molar-refractivity contribution < 1.29 is 27.5 Å². The van der Waals surface area contributed by atoms with Gasteiger partial charge in [0.05, 0.1) is 24.3 Å². The highest BCUT2D eigenvalue weighted by atomic mass is 35.5. The zero-order valence-corrected chi connectivity index (χ0v) is 17.0. The second-order valence-corrected chi connectivity index (χ2v) is 8.84. The minimum atomic E-state index is -3.85. The third kappa shape index (κ3) is 5.20. The number of ether oxygens (including phenoxy) is 2. The number of rotatable bonds is 6. The molecule has 1 amide bonds. The lowest BCUT2D eigenvalue weighted by molar-refractivity contribution is -0.153. The summed E-state index contributed by atoms with van der Waals surface area (Å²) < 4.78 is 36.8. The summed E-state index contributed by atoms with van der Waals surface area (Å²) in [5.74, 6) is -1.52. The molecule has 1 N–H and O–H groups in total. The predicted octanol–water partition coefficient (Wildman–Crippen LogP) is 1.39. The van der Waals surface area contributed by atoms with Gasteiger partial charge in [0.15, 0.2) is 6.61 Å². The standard InChI is InChI=1S/C17H20ClN3O6S/c1-17(2,11-19)16(23)27-10-15(22)20-12-3-4-13(18)14(9-12)28(24,25)21-5-7-26-8-6-21/h3-4,9H,5-8,10H2,1-2H3,(H,20,22). The van der Waals surface area contributed by atoms with E-state index in [4.69, 9.17) is 26.3 Å². The molecule has 28 heavy (non-hydrogen) atoms. The SMILES string of the molecule is CC(C)(C#N)C(=O)OCC(=O)Nc1ccc(Cl)c(S(=O)(=O)N2CCOCC2)c1. The summed E-state index contributed by atoms with van der Waals surface area (Å²) in [5.41, 5.74) is -1.20. The number of hydrogen-bond acceptors (Lipinski definition) is 7. The Morgan fingerprint density at radius 1 is 1.36 bits per heavy atom. The van der Waals surface area contributed by atoms with Crippen LogP contribution in [0.5, 0.6) is 0 Å². The van der Waals surface area contributed by atoms with Crippen molar-refractivity contribution >= 4 is 39.2 Å². The molecule has 9 nitrogen and oxygen atoms in total. The van der Waals surface area contributed by atoms with E-state index < -0.39 is 33.9 Å². The molecule has 1 fully saturated rings. The maximum Gasteiger partial charge on any atom is 0.326 e. The predicted molar refractivity (Wildman–Crippen MR) is 100 cm³/mol. The highest BCUT2D eigenvalue weighted by Crippen LogP contribution is 2.28. The van der Waals surface area contributed by atoms with Crippen LogP contribution in [0.15, 0.2) is 23.1 Å². The molecular formula is C17H20ClN3O6S. The van der Waals surface area contributed by atoms with Crippen LogP contribution in [0, 0.1) is 16.7 Å². The van der Waals surface area contributed by atoms with E-state index in [2.05, 4.69) is 5.32 Å². The third-order valence-electron chi connectivity index (χ3n) is 3.93. The van der Waals surface area contributed by atoms with Gasteiger partial charge in [-0.1, -0.05) is 11.6 Å². The molecule has 0 spiro atoms. The lowest BCUT2D eigenvalue weighted by Gasteiger charge is -2.26. The van der Waals surface area contributed by atoms with E-state index in [-0.39, 0.29) is 41.9 Å². The third-order valence-corrected chi connectivity index (χ3v) is 6.31. The Hall–Kier alpha value is -2.19. The minimum Gasteiger partial charge on any atom is -0.454 e. The van der Waals surface area contributed by atoms with Crippen molar-refractivity contribution in [3.8, 4) is 6.07 Å². The highest BCUT2D eigenvalue weighted by molar-refractivity contribution is 7.89. The average Bonchev–Trinajstić information content (AvgIpc) is 2.68. The molecule has 0 unspecified atom stereocenters. The van der Waals surface area contributed by atoms with Crippen LogP contribution in [0.2, 0.25) is 5.02 Å². The summed E-state index contributed by atoms with van der Waals surface area (Å²) in [5, 5.41) is 11.3. The average molecular weight is 430 g/mol. The topological polar surface area (TPSA) is 126 Å². The zero-order chi connectivity index (χ0) is 20.9. The van der Waals surface area contributed by atoms with Gasteiger partial charge in [-0.05, 0) is 32.0 Å². The molecular weight excluding hydrogens is 410 g/mol. The Morgan fingerprint density at radius 3 is 2.61 bits per heavy atom. The number of morpholine rings is 1. The van der Waals surface area contributed by atoms with Gasteiger partial charge >= 0.3 is 5.97 Å². The quantitative estimate of drug-likeness (QED) is 0.677. The summed E-state index contributed by atoms with van der Waals surface area (Å²) in [4.78, 5) is 23.6. The van der Waals surface area contributed by atoms with Crippen molar-refractivity contribution in [3.63, 3.8) is 0 Å². The fourth-order valence-electron chi connectivity index (χ4n) is 2.26. The summed E-state index contributed by atoms with van der Waals surface area (Å²) in [6.45, 7) is 3.12. The van der Waals surface area contributed by atoms with E-state index in [9.17, 15) is 18.0 Å². The Labute approximate surface area is 168 Å². The number of sulfonamides is 1. The molecule has 1 aliphatic heterocycles. The van der Waals surface area contributed by atoms with Gasteiger partial charge < -0.3 is 14.8 Å². The molecule has 1 aliphatic rings. The molecule has 0 aliphatic carbocycles. The Morgan fingerprint density at radius 2 is 2.00 bits per heavy atom. The number of benzene rings is 1. The monoisotopic (exact) mass is 429 g/mol. The maximum absolute atomic E-state index is 12.8. The zero-order valence-electron chi connectivity index (χ0n) is 15.4. The van der Waals surface area contributed by atoms with Gasteiger partial charge in [-0.2, -0.15) is 9.57 Å². The van der Waals surface area contributed by atoms with Crippen molar-refractivity contribution in [1.82, 2.24) is 4.31 Å². The number of halogens is 1. The minimum absolute atomic E-state index is 0.0201. The second-order valence-electron chi connectivity index (χ2n) is 6.52. The van der Waals surface area contributed by atoms with E-state index in [1.54, 1.807) is 6.07 Å².